The molecule has 0 aromatic carbocycles. The van der Waals surface area contributed by atoms with Crippen molar-refractivity contribution >= 4 is 32.5 Å². The van der Waals surface area contributed by atoms with Crippen molar-refractivity contribution in [1.82, 2.24) is 10.3 Å². The second-order valence-electron chi connectivity index (χ2n) is 4.58. The first-order valence-electron chi connectivity index (χ1n) is 6.20. The lowest BCUT2D eigenvalue weighted by molar-refractivity contribution is 0.0958. The van der Waals surface area contributed by atoms with Crippen molar-refractivity contribution in [1.29, 1.82) is 0 Å². The number of hydrogen-bond donors (Lipinski definition) is 1. The second kappa shape index (κ2) is 6.06. The van der Waals surface area contributed by atoms with Crippen LogP contribution in [0, 0.1) is 0 Å². The first-order chi connectivity index (χ1) is 9.39. The molecule has 1 aliphatic rings. The van der Waals surface area contributed by atoms with Gasteiger partial charge in [0.05, 0.1) is 12.4 Å². The van der Waals surface area contributed by atoms with Crippen LogP contribution in [0.15, 0.2) is 5.38 Å². The molecule has 1 amide bonds. The molecule has 0 saturated carbocycles. The van der Waals surface area contributed by atoms with E-state index >= 15 is 0 Å². The molecular weight excluding hydrogens is 302 g/mol. The maximum Gasteiger partial charge on any atom is 0.270 e. The van der Waals surface area contributed by atoms with Crippen molar-refractivity contribution in [3.05, 3.63) is 11.1 Å². The van der Waals surface area contributed by atoms with E-state index in [1.807, 2.05) is 4.90 Å². The maximum atomic E-state index is 11.4. The molecule has 1 aromatic rings. The van der Waals surface area contributed by atoms with E-state index in [9.17, 15) is 13.2 Å². The van der Waals surface area contributed by atoms with Gasteiger partial charge in [0.25, 0.3) is 16.0 Å². The molecule has 0 aliphatic carbocycles. The predicted octanol–water partition coefficient (Wildman–Crippen LogP) is 0.448. The molecule has 0 radical (unpaired) electrons. The van der Waals surface area contributed by atoms with E-state index in [4.69, 9.17) is 4.18 Å². The van der Waals surface area contributed by atoms with Gasteiger partial charge in [-0.05, 0) is 12.8 Å². The summed E-state index contributed by atoms with van der Waals surface area (Å²) in [6, 6.07) is 0. The Morgan fingerprint density at radius 3 is 2.70 bits per heavy atom. The Morgan fingerprint density at radius 1 is 1.50 bits per heavy atom. The van der Waals surface area contributed by atoms with Gasteiger partial charge in [-0.25, -0.2) is 4.98 Å². The number of amides is 1. The lowest BCUT2D eigenvalue weighted by Crippen LogP contribution is -2.37. The molecule has 0 spiro atoms. The third kappa shape index (κ3) is 3.90. The van der Waals surface area contributed by atoms with E-state index in [0.717, 1.165) is 11.4 Å². The fourth-order valence-electron chi connectivity index (χ4n) is 2.03. The van der Waals surface area contributed by atoms with E-state index < -0.39 is 10.1 Å². The summed E-state index contributed by atoms with van der Waals surface area (Å²) in [5, 5.41) is 5.02. The van der Waals surface area contributed by atoms with Crippen molar-refractivity contribution in [2.45, 2.75) is 18.9 Å². The van der Waals surface area contributed by atoms with Gasteiger partial charge in [0.2, 0.25) is 0 Å². The molecule has 1 aliphatic heterocycles. The molecule has 2 heterocycles. The molecule has 1 fully saturated rings. The van der Waals surface area contributed by atoms with E-state index in [2.05, 4.69) is 10.3 Å². The lowest BCUT2D eigenvalue weighted by Gasteiger charge is -2.30. The predicted molar refractivity (Wildman–Crippen MR) is 76.7 cm³/mol. The molecular formula is C11H17N3O4S2. The number of rotatable bonds is 4. The van der Waals surface area contributed by atoms with Crippen molar-refractivity contribution in [3.8, 4) is 0 Å². The first kappa shape index (κ1) is 15.2. The molecule has 20 heavy (non-hydrogen) atoms. The molecule has 1 aromatic heterocycles. The number of aromatic nitrogens is 1. The van der Waals surface area contributed by atoms with Crippen LogP contribution in [0.5, 0.6) is 0 Å². The highest BCUT2D eigenvalue weighted by atomic mass is 32.2. The fraction of sp³-hybridized carbons (Fsp3) is 0.636. The summed E-state index contributed by atoms with van der Waals surface area (Å²) in [7, 11) is -1.84. The average molecular weight is 319 g/mol. The van der Waals surface area contributed by atoms with Gasteiger partial charge >= 0.3 is 0 Å². The van der Waals surface area contributed by atoms with Crippen LogP contribution in [0.4, 0.5) is 5.13 Å². The lowest BCUT2D eigenvalue weighted by atomic mass is 10.1. The van der Waals surface area contributed by atoms with Gasteiger partial charge < -0.3 is 10.2 Å². The number of hydrogen-bond acceptors (Lipinski definition) is 7. The molecule has 0 unspecified atom stereocenters. The molecule has 0 atom stereocenters. The van der Waals surface area contributed by atoms with Crippen molar-refractivity contribution < 1.29 is 17.4 Å². The Balaban J connectivity index is 1.94. The van der Waals surface area contributed by atoms with Gasteiger partial charge in [0, 0.05) is 25.5 Å². The fourth-order valence-corrected chi connectivity index (χ4v) is 3.58. The van der Waals surface area contributed by atoms with Crippen LogP contribution >= 0.6 is 11.3 Å². The van der Waals surface area contributed by atoms with Gasteiger partial charge in [-0.3, -0.25) is 8.98 Å². The van der Waals surface area contributed by atoms with Gasteiger partial charge in [0.1, 0.15) is 5.69 Å². The Hall–Kier alpha value is -1.19. The zero-order valence-electron chi connectivity index (χ0n) is 11.3. The monoisotopic (exact) mass is 319 g/mol. The number of thiazole rings is 1. The standard InChI is InChI=1S/C11H17N3O4S2/c1-12-10(15)9-7-19-11(13-9)14-5-3-8(4-6-14)18-20(2,16)17/h7-8H,3-6H2,1-2H3,(H,12,15). The highest BCUT2D eigenvalue weighted by Gasteiger charge is 2.24. The van der Waals surface area contributed by atoms with Gasteiger partial charge in [-0.15, -0.1) is 11.3 Å². The number of anilines is 1. The molecule has 112 valence electrons. The number of piperidine rings is 1. The van der Waals surface area contributed by atoms with Crippen molar-refractivity contribution in [3.63, 3.8) is 0 Å². The van der Waals surface area contributed by atoms with Crippen LogP contribution in [0.25, 0.3) is 0 Å². The zero-order valence-corrected chi connectivity index (χ0v) is 13.0. The molecule has 9 heteroatoms. The largest absolute Gasteiger partial charge is 0.354 e. The SMILES string of the molecule is CNC(=O)c1csc(N2CCC(OS(C)(=O)=O)CC2)n1. The third-order valence-corrected chi connectivity index (χ3v) is 4.50. The van der Waals surface area contributed by atoms with Crippen LogP contribution < -0.4 is 10.2 Å². The molecule has 0 bridgehead atoms. The Bertz CT molecular complexity index is 576. The summed E-state index contributed by atoms with van der Waals surface area (Å²) in [6.07, 6.45) is 2.05. The average Bonchev–Trinajstić information content (AvgIpc) is 2.86. The maximum absolute atomic E-state index is 11.4. The first-order valence-corrected chi connectivity index (χ1v) is 8.89. The van der Waals surface area contributed by atoms with Crippen LogP contribution in [-0.4, -0.2) is 51.8 Å². The summed E-state index contributed by atoms with van der Waals surface area (Å²) in [5.74, 6) is -0.206. The Morgan fingerprint density at radius 2 is 2.15 bits per heavy atom. The molecule has 1 N–H and O–H groups in total. The summed E-state index contributed by atoms with van der Waals surface area (Å²) < 4.78 is 27.1. The summed E-state index contributed by atoms with van der Waals surface area (Å²) in [5.41, 5.74) is 0.405. The number of nitrogens with one attached hydrogen (secondary N) is 1. The Kier molecular flexibility index (Phi) is 4.61. The molecule has 2 rings (SSSR count). The van der Waals surface area contributed by atoms with E-state index in [1.165, 1.54) is 11.3 Å². The van der Waals surface area contributed by atoms with Crippen molar-refractivity contribution in [2.75, 3.05) is 31.3 Å². The number of nitrogens with zero attached hydrogens (tertiary/aromatic N) is 2. The van der Waals surface area contributed by atoms with Gasteiger partial charge in [-0.2, -0.15) is 8.42 Å². The summed E-state index contributed by atoms with van der Waals surface area (Å²) >= 11 is 1.41. The smallest absolute Gasteiger partial charge is 0.270 e. The molecule has 1 saturated heterocycles. The van der Waals surface area contributed by atoms with Crippen molar-refractivity contribution in [2.24, 2.45) is 0 Å². The minimum Gasteiger partial charge on any atom is -0.354 e. The topological polar surface area (TPSA) is 88.6 Å². The minimum absolute atomic E-state index is 0.206. The minimum atomic E-state index is -3.40. The summed E-state index contributed by atoms with van der Waals surface area (Å²) in [4.78, 5) is 17.8. The Labute approximate surface area is 122 Å². The van der Waals surface area contributed by atoms with Crippen LogP contribution in [-0.2, 0) is 14.3 Å². The van der Waals surface area contributed by atoms with Crippen LogP contribution in [0.1, 0.15) is 23.3 Å². The van der Waals surface area contributed by atoms with E-state index in [1.54, 1.807) is 12.4 Å². The molecule has 7 nitrogen and oxygen atoms in total. The number of carbonyl (C=O) groups excluding carboxylic acids is 1. The van der Waals surface area contributed by atoms with E-state index in [-0.39, 0.29) is 12.0 Å². The zero-order chi connectivity index (χ0) is 14.8. The van der Waals surface area contributed by atoms with E-state index in [0.29, 0.717) is 31.6 Å². The highest BCUT2D eigenvalue weighted by molar-refractivity contribution is 7.86. The van der Waals surface area contributed by atoms with Gasteiger partial charge in [0.15, 0.2) is 5.13 Å². The third-order valence-electron chi connectivity index (χ3n) is 2.98. The van der Waals surface area contributed by atoms with Crippen LogP contribution in [0.3, 0.4) is 0 Å². The normalized spacial score (nSPS) is 17.2. The summed E-state index contributed by atoms with van der Waals surface area (Å²) in [6.45, 7) is 1.34. The second-order valence-corrected chi connectivity index (χ2v) is 7.02. The van der Waals surface area contributed by atoms with Crippen LogP contribution in [0.2, 0.25) is 0 Å². The van der Waals surface area contributed by atoms with Gasteiger partial charge in [-0.1, -0.05) is 0 Å². The number of carbonyl (C=O) groups is 1. The highest BCUT2D eigenvalue weighted by Crippen LogP contribution is 2.25. The quantitative estimate of drug-likeness (QED) is 0.811.